The third-order valence-corrected chi connectivity index (χ3v) is 6.45. The van der Waals surface area contributed by atoms with Gasteiger partial charge in [-0.1, -0.05) is 25.3 Å². The number of carbonyl (C=O) groups excluding carboxylic acids is 2. The Kier molecular flexibility index (Phi) is 8.48. The van der Waals surface area contributed by atoms with Crippen LogP contribution in [-0.4, -0.2) is 48.9 Å². The zero-order valence-electron chi connectivity index (χ0n) is 19.0. The molecule has 1 aromatic carbocycles. The van der Waals surface area contributed by atoms with E-state index >= 15 is 0 Å². The zero-order valence-corrected chi connectivity index (χ0v) is 19.0. The monoisotopic (exact) mass is 424 g/mol. The van der Waals surface area contributed by atoms with Gasteiger partial charge in [0.1, 0.15) is 0 Å². The van der Waals surface area contributed by atoms with Crippen LogP contribution in [0, 0.1) is 31.1 Å². The van der Waals surface area contributed by atoms with Crippen molar-refractivity contribution in [2.45, 2.75) is 71.3 Å². The molecule has 168 valence electrons. The number of carbonyl (C=O) groups is 2. The highest BCUT2D eigenvalue weighted by atomic mass is 16.2. The highest BCUT2D eigenvalue weighted by Crippen LogP contribution is 2.23. The molecule has 0 bridgehead atoms. The molecule has 1 N–H and O–H groups in total. The third-order valence-electron chi connectivity index (χ3n) is 6.45. The van der Waals surface area contributed by atoms with Crippen molar-refractivity contribution < 1.29 is 9.59 Å². The SMILES string of the molecule is Cc1cc(C)cc(N(CCC#N)C(=O)CN2CCCC(C(=O)NC3CCCCC3)C2)c1. The Morgan fingerprint density at radius 1 is 1.10 bits per heavy atom. The molecule has 1 atom stereocenters. The summed E-state index contributed by atoms with van der Waals surface area (Å²) in [5.74, 6) is 0.102. The quantitative estimate of drug-likeness (QED) is 0.724. The summed E-state index contributed by atoms with van der Waals surface area (Å²) < 4.78 is 0. The normalized spacial score (nSPS) is 20.1. The molecule has 1 saturated carbocycles. The summed E-state index contributed by atoms with van der Waals surface area (Å²) in [7, 11) is 0. The van der Waals surface area contributed by atoms with Crippen LogP contribution in [0.1, 0.15) is 62.5 Å². The summed E-state index contributed by atoms with van der Waals surface area (Å²) in [6.07, 6.45) is 7.96. The van der Waals surface area contributed by atoms with E-state index in [1.807, 2.05) is 26.0 Å². The van der Waals surface area contributed by atoms with Gasteiger partial charge in [0.25, 0.3) is 0 Å². The number of rotatable bonds is 7. The maximum absolute atomic E-state index is 13.2. The van der Waals surface area contributed by atoms with E-state index in [0.29, 0.717) is 25.6 Å². The summed E-state index contributed by atoms with van der Waals surface area (Å²) in [6, 6.07) is 8.56. The first-order valence-corrected chi connectivity index (χ1v) is 11.7. The lowest BCUT2D eigenvalue weighted by atomic mass is 9.93. The van der Waals surface area contributed by atoms with Crippen LogP contribution in [0.5, 0.6) is 0 Å². The van der Waals surface area contributed by atoms with Gasteiger partial charge in [0.2, 0.25) is 11.8 Å². The maximum atomic E-state index is 13.2. The molecule has 6 heteroatoms. The van der Waals surface area contributed by atoms with Crippen molar-refractivity contribution >= 4 is 17.5 Å². The van der Waals surface area contributed by atoms with Crippen molar-refractivity contribution in [3.63, 3.8) is 0 Å². The molecule has 1 aliphatic heterocycles. The van der Waals surface area contributed by atoms with Crippen molar-refractivity contribution in [3.8, 4) is 6.07 Å². The van der Waals surface area contributed by atoms with Crippen molar-refractivity contribution in [2.75, 3.05) is 31.1 Å². The molecule has 2 amide bonds. The van der Waals surface area contributed by atoms with Crippen molar-refractivity contribution in [1.82, 2.24) is 10.2 Å². The predicted molar refractivity (Wildman–Crippen MR) is 123 cm³/mol. The molecule has 0 spiro atoms. The van der Waals surface area contributed by atoms with Crippen molar-refractivity contribution in [1.29, 1.82) is 5.26 Å². The number of piperidine rings is 1. The molecule has 1 saturated heterocycles. The first-order valence-electron chi connectivity index (χ1n) is 11.7. The van der Waals surface area contributed by atoms with Crippen LogP contribution in [0.15, 0.2) is 18.2 Å². The molecule has 3 rings (SSSR count). The van der Waals surface area contributed by atoms with Gasteiger partial charge in [-0.15, -0.1) is 0 Å². The van der Waals surface area contributed by atoms with Crippen LogP contribution in [0.25, 0.3) is 0 Å². The average Bonchev–Trinajstić information content (AvgIpc) is 2.74. The van der Waals surface area contributed by atoms with Crippen LogP contribution in [0.3, 0.4) is 0 Å². The van der Waals surface area contributed by atoms with Crippen LogP contribution in [0.4, 0.5) is 5.69 Å². The molecule has 0 radical (unpaired) electrons. The summed E-state index contributed by atoms with van der Waals surface area (Å²) >= 11 is 0. The number of nitriles is 1. The number of amides is 2. The fourth-order valence-electron chi connectivity index (χ4n) is 4.92. The Hall–Kier alpha value is -2.39. The predicted octanol–water partition coefficient (Wildman–Crippen LogP) is 3.71. The second kappa shape index (κ2) is 11.3. The molecule has 2 aliphatic rings. The lowest BCUT2D eigenvalue weighted by molar-refractivity contribution is -0.129. The Bertz CT molecular complexity index is 790. The van der Waals surface area contributed by atoms with Crippen LogP contribution in [-0.2, 0) is 9.59 Å². The fraction of sp³-hybridized carbons (Fsp3) is 0.640. The number of hydrogen-bond donors (Lipinski definition) is 1. The minimum absolute atomic E-state index is 0.00594. The smallest absolute Gasteiger partial charge is 0.241 e. The summed E-state index contributed by atoms with van der Waals surface area (Å²) in [4.78, 5) is 29.8. The zero-order chi connectivity index (χ0) is 22.2. The van der Waals surface area contributed by atoms with Gasteiger partial charge in [-0.2, -0.15) is 5.26 Å². The number of likely N-dealkylation sites (tertiary alicyclic amines) is 1. The second-order valence-corrected chi connectivity index (χ2v) is 9.22. The van der Waals surface area contributed by atoms with E-state index in [0.717, 1.165) is 49.0 Å². The lowest BCUT2D eigenvalue weighted by Crippen LogP contribution is -2.49. The minimum atomic E-state index is -0.0442. The third kappa shape index (κ3) is 6.80. The van der Waals surface area contributed by atoms with Gasteiger partial charge in [-0.25, -0.2) is 0 Å². The Morgan fingerprint density at radius 2 is 1.81 bits per heavy atom. The average molecular weight is 425 g/mol. The van der Waals surface area contributed by atoms with Crippen LogP contribution >= 0.6 is 0 Å². The molecular formula is C25H36N4O2. The molecule has 1 heterocycles. The van der Waals surface area contributed by atoms with E-state index in [-0.39, 0.29) is 24.3 Å². The number of nitrogens with zero attached hydrogens (tertiary/aromatic N) is 3. The van der Waals surface area contributed by atoms with Gasteiger partial charge in [0.05, 0.1) is 25.0 Å². The number of nitrogens with one attached hydrogen (secondary N) is 1. The summed E-state index contributed by atoms with van der Waals surface area (Å²) in [6.45, 7) is 6.16. The minimum Gasteiger partial charge on any atom is -0.353 e. The van der Waals surface area contributed by atoms with Crippen molar-refractivity contribution in [3.05, 3.63) is 29.3 Å². The van der Waals surface area contributed by atoms with Gasteiger partial charge in [-0.05, 0) is 69.3 Å². The van der Waals surface area contributed by atoms with Crippen molar-refractivity contribution in [2.24, 2.45) is 5.92 Å². The van der Waals surface area contributed by atoms with E-state index in [9.17, 15) is 9.59 Å². The standard InChI is InChI=1S/C25H36N4O2/c1-19-14-20(2)16-23(15-19)29(13-7-11-26)24(30)18-28-12-6-8-21(17-28)25(31)27-22-9-4-3-5-10-22/h14-16,21-22H,3-10,12-13,17-18H2,1-2H3,(H,27,31). The molecule has 1 aromatic rings. The molecule has 6 nitrogen and oxygen atoms in total. The Labute approximate surface area is 186 Å². The molecule has 0 aromatic heterocycles. The number of aryl methyl sites for hydroxylation is 2. The van der Waals surface area contributed by atoms with E-state index in [2.05, 4.69) is 22.4 Å². The van der Waals surface area contributed by atoms with E-state index in [1.165, 1.54) is 19.3 Å². The van der Waals surface area contributed by atoms with Crippen LogP contribution in [0.2, 0.25) is 0 Å². The number of benzene rings is 1. The maximum Gasteiger partial charge on any atom is 0.241 e. The Balaban J connectivity index is 1.61. The Morgan fingerprint density at radius 3 is 2.48 bits per heavy atom. The first kappa shape index (κ1) is 23.3. The first-order chi connectivity index (χ1) is 15.0. The van der Waals surface area contributed by atoms with E-state index in [4.69, 9.17) is 5.26 Å². The molecular weight excluding hydrogens is 388 g/mol. The van der Waals surface area contributed by atoms with Crippen LogP contribution < -0.4 is 10.2 Å². The van der Waals surface area contributed by atoms with Gasteiger partial charge < -0.3 is 10.2 Å². The topological polar surface area (TPSA) is 76.4 Å². The second-order valence-electron chi connectivity index (χ2n) is 9.22. The highest BCUT2D eigenvalue weighted by Gasteiger charge is 2.29. The highest BCUT2D eigenvalue weighted by molar-refractivity contribution is 5.95. The largest absolute Gasteiger partial charge is 0.353 e. The van der Waals surface area contributed by atoms with E-state index < -0.39 is 0 Å². The van der Waals surface area contributed by atoms with Gasteiger partial charge in [0.15, 0.2) is 0 Å². The summed E-state index contributed by atoms with van der Waals surface area (Å²) in [5, 5.41) is 12.3. The molecule has 1 unspecified atom stereocenters. The molecule has 2 fully saturated rings. The van der Waals surface area contributed by atoms with E-state index in [1.54, 1.807) is 4.90 Å². The molecule has 31 heavy (non-hydrogen) atoms. The fourth-order valence-corrected chi connectivity index (χ4v) is 4.92. The lowest BCUT2D eigenvalue weighted by Gasteiger charge is -2.34. The van der Waals surface area contributed by atoms with Gasteiger partial charge in [-0.3, -0.25) is 14.5 Å². The summed E-state index contributed by atoms with van der Waals surface area (Å²) in [5.41, 5.74) is 3.05. The number of anilines is 1. The van der Waals surface area contributed by atoms with Gasteiger partial charge >= 0.3 is 0 Å². The molecule has 1 aliphatic carbocycles. The van der Waals surface area contributed by atoms with Gasteiger partial charge in [0, 0.05) is 24.8 Å². The number of hydrogen-bond acceptors (Lipinski definition) is 4.